The van der Waals surface area contributed by atoms with E-state index in [-0.39, 0.29) is 5.56 Å². The molecule has 1 aliphatic carbocycles. The molecule has 1 fully saturated rings. The smallest absolute Gasteiger partial charge is 0.266 e. The van der Waals surface area contributed by atoms with E-state index >= 15 is 0 Å². The maximum absolute atomic E-state index is 11.7. The van der Waals surface area contributed by atoms with Crippen molar-refractivity contribution >= 4 is 5.82 Å². The van der Waals surface area contributed by atoms with E-state index in [2.05, 4.69) is 5.10 Å². The molecule has 1 aromatic rings. The van der Waals surface area contributed by atoms with E-state index in [9.17, 15) is 4.79 Å². The van der Waals surface area contributed by atoms with Gasteiger partial charge in [0.2, 0.25) is 0 Å². The summed E-state index contributed by atoms with van der Waals surface area (Å²) in [7, 11) is 3.88. The van der Waals surface area contributed by atoms with Gasteiger partial charge in [0.05, 0.1) is 0 Å². The number of hydrogen-bond acceptors (Lipinski definition) is 3. The van der Waals surface area contributed by atoms with Gasteiger partial charge in [0.15, 0.2) is 0 Å². The molecule has 2 rings (SSSR count). The van der Waals surface area contributed by atoms with Crippen LogP contribution in [-0.4, -0.2) is 23.9 Å². The van der Waals surface area contributed by atoms with Crippen molar-refractivity contribution in [3.63, 3.8) is 0 Å². The van der Waals surface area contributed by atoms with Crippen LogP contribution in [0.3, 0.4) is 0 Å². The second-order valence-electron chi connectivity index (χ2n) is 5.11. The number of rotatable bonds is 3. The average Bonchev–Trinajstić information content (AvgIpc) is 2.33. The van der Waals surface area contributed by atoms with Crippen molar-refractivity contribution in [2.24, 2.45) is 5.92 Å². The van der Waals surface area contributed by atoms with Gasteiger partial charge in [-0.25, -0.2) is 4.68 Å². The zero-order valence-electron chi connectivity index (χ0n) is 10.7. The largest absolute Gasteiger partial charge is 0.361 e. The van der Waals surface area contributed by atoms with Crippen molar-refractivity contribution in [1.82, 2.24) is 9.78 Å². The van der Waals surface area contributed by atoms with Crippen molar-refractivity contribution in [2.75, 3.05) is 19.0 Å². The second-order valence-corrected chi connectivity index (χ2v) is 5.11. The van der Waals surface area contributed by atoms with Crippen molar-refractivity contribution in [3.8, 4) is 0 Å². The summed E-state index contributed by atoms with van der Waals surface area (Å²) in [4.78, 5) is 13.7. The minimum absolute atomic E-state index is 0.0150. The molecular formula is C13H21N3O. The van der Waals surface area contributed by atoms with Gasteiger partial charge in [-0.1, -0.05) is 19.3 Å². The van der Waals surface area contributed by atoms with Gasteiger partial charge in [-0.15, -0.1) is 0 Å². The lowest BCUT2D eigenvalue weighted by atomic mass is 9.89. The van der Waals surface area contributed by atoms with Gasteiger partial charge in [0.25, 0.3) is 5.56 Å². The Labute approximate surface area is 102 Å². The molecule has 0 unspecified atom stereocenters. The zero-order valence-corrected chi connectivity index (χ0v) is 10.7. The maximum atomic E-state index is 11.7. The average molecular weight is 235 g/mol. The summed E-state index contributed by atoms with van der Waals surface area (Å²) in [5, 5.41) is 4.40. The molecule has 1 heterocycles. The van der Waals surface area contributed by atoms with Gasteiger partial charge in [-0.2, -0.15) is 5.10 Å². The van der Waals surface area contributed by atoms with Gasteiger partial charge in [0, 0.05) is 26.7 Å². The van der Waals surface area contributed by atoms with Crippen LogP contribution in [-0.2, 0) is 6.54 Å². The summed E-state index contributed by atoms with van der Waals surface area (Å²) in [6, 6.07) is 3.39. The van der Waals surface area contributed by atoms with Crippen LogP contribution in [0.1, 0.15) is 32.1 Å². The van der Waals surface area contributed by atoms with E-state index < -0.39 is 0 Å². The monoisotopic (exact) mass is 235 g/mol. The molecule has 4 nitrogen and oxygen atoms in total. The van der Waals surface area contributed by atoms with E-state index in [0.29, 0.717) is 5.92 Å². The molecule has 0 aromatic carbocycles. The number of anilines is 1. The fourth-order valence-electron chi connectivity index (χ4n) is 2.42. The first-order valence-corrected chi connectivity index (χ1v) is 6.42. The normalized spacial score (nSPS) is 17.1. The number of hydrogen-bond donors (Lipinski definition) is 0. The topological polar surface area (TPSA) is 38.1 Å². The van der Waals surface area contributed by atoms with Crippen LogP contribution in [0.2, 0.25) is 0 Å². The Bertz CT molecular complexity index is 419. The lowest BCUT2D eigenvalue weighted by molar-refractivity contribution is 0.303. The third-order valence-corrected chi connectivity index (χ3v) is 3.47. The van der Waals surface area contributed by atoms with E-state index in [0.717, 1.165) is 12.4 Å². The standard InChI is InChI=1S/C13H21N3O/c1-15(2)12-8-9-13(17)16(14-12)10-11-6-4-3-5-7-11/h8-9,11H,3-7,10H2,1-2H3. The predicted octanol–water partition coefficient (Wildman–Crippen LogP) is 1.89. The first-order valence-electron chi connectivity index (χ1n) is 6.42. The third-order valence-electron chi connectivity index (χ3n) is 3.47. The molecule has 0 aliphatic heterocycles. The first kappa shape index (κ1) is 12.1. The molecule has 1 aromatic heterocycles. The quantitative estimate of drug-likeness (QED) is 0.803. The summed E-state index contributed by atoms with van der Waals surface area (Å²) in [5.74, 6) is 1.48. The molecule has 0 spiro atoms. The summed E-state index contributed by atoms with van der Waals surface area (Å²) in [6.45, 7) is 0.778. The fraction of sp³-hybridized carbons (Fsp3) is 0.692. The third kappa shape index (κ3) is 3.08. The molecule has 0 N–H and O–H groups in total. The van der Waals surface area contributed by atoms with Crippen molar-refractivity contribution in [1.29, 1.82) is 0 Å². The van der Waals surface area contributed by atoms with Crippen LogP contribution < -0.4 is 10.5 Å². The maximum Gasteiger partial charge on any atom is 0.266 e. The molecule has 94 valence electrons. The van der Waals surface area contributed by atoms with Gasteiger partial charge in [0.1, 0.15) is 5.82 Å². The van der Waals surface area contributed by atoms with Crippen LogP contribution in [0.4, 0.5) is 5.82 Å². The molecule has 0 bridgehead atoms. The highest BCUT2D eigenvalue weighted by atomic mass is 16.1. The summed E-state index contributed by atoms with van der Waals surface area (Å²) >= 11 is 0. The van der Waals surface area contributed by atoms with E-state index in [1.54, 1.807) is 16.8 Å². The zero-order chi connectivity index (χ0) is 12.3. The summed E-state index contributed by atoms with van der Waals surface area (Å²) < 4.78 is 1.63. The van der Waals surface area contributed by atoms with Gasteiger partial charge >= 0.3 is 0 Å². The van der Waals surface area contributed by atoms with E-state index in [4.69, 9.17) is 0 Å². The van der Waals surface area contributed by atoms with E-state index in [1.165, 1.54) is 32.1 Å². The Hall–Kier alpha value is -1.32. The second kappa shape index (κ2) is 5.34. The Morgan fingerprint density at radius 3 is 2.65 bits per heavy atom. The van der Waals surface area contributed by atoms with Crippen LogP contribution >= 0.6 is 0 Å². The molecule has 0 radical (unpaired) electrons. The minimum Gasteiger partial charge on any atom is -0.361 e. The Kier molecular flexibility index (Phi) is 3.82. The molecule has 17 heavy (non-hydrogen) atoms. The minimum atomic E-state index is 0.0150. The van der Waals surface area contributed by atoms with Crippen LogP contribution in [0.25, 0.3) is 0 Å². The lowest BCUT2D eigenvalue weighted by Crippen LogP contribution is -2.28. The number of nitrogens with zero attached hydrogens (tertiary/aromatic N) is 3. The molecule has 0 saturated heterocycles. The van der Waals surface area contributed by atoms with E-state index in [1.807, 2.05) is 19.0 Å². The summed E-state index contributed by atoms with van der Waals surface area (Å²) in [5.41, 5.74) is 0.0150. The predicted molar refractivity (Wildman–Crippen MR) is 69.4 cm³/mol. The van der Waals surface area contributed by atoms with Crippen LogP contribution in [0.15, 0.2) is 16.9 Å². The fourth-order valence-corrected chi connectivity index (χ4v) is 2.42. The van der Waals surface area contributed by atoms with Crippen LogP contribution in [0, 0.1) is 5.92 Å². The molecular weight excluding hydrogens is 214 g/mol. The molecule has 4 heteroatoms. The first-order chi connectivity index (χ1) is 8.16. The number of aromatic nitrogens is 2. The highest BCUT2D eigenvalue weighted by Crippen LogP contribution is 2.24. The molecule has 1 aliphatic rings. The molecule has 1 saturated carbocycles. The van der Waals surface area contributed by atoms with Crippen molar-refractivity contribution < 1.29 is 0 Å². The van der Waals surface area contributed by atoms with Crippen LogP contribution in [0.5, 0.6) is 0 Å². The Morgan fingerprint density at radius 2 is 2.00 bits per heavy atom. The van der Waals surface area contributed by atoms with Gasteiger partial charge in [-0.3, -0.25) is 4.79 Å². The lowest BCUT2D eigenvalue weighted by Gasteiger charge is -2.22. The van der Waals surface area contributed by atoms with Crippen molar-refractivity contribution in [2.45, 2.75) is 38.6 Å². The highest BCUT2D eigenvalue weighted by molar-refractivity contribution is 5.33. The Morgan fingerprint density at radius 1 is 1.29 bits per heavy atom. The molecule has 0 atom stereocenters. The van der Waals surface area contributed by atoms with Gasteiger partial charge in [-0.05, 0) is 24.8 Å². The molecule has 0 amide bonds. The van der Waals surface area contributed by atoms with Gasteiger partial charge < -0.3 is 4.90 Å². The summed E-state index contributed by atoms with van der Waals surface area (Å²) in [6.07, 6.45) is 6.41. The SMILES string of the molecule is CN(C)c1ccc(=O)n(CC2CCCCC2)n1. The van der Waals surface area contributed by atoms with Crippen molar-refractivity contribution in [3.05, 3.63) is 22.5 Å². The Balaban J connectivity index is 2.13. The highest BCUT2D eigenvalue weighted by Gasteiger charge is 2.15.